The van der Waals surface area contributed by atoms with Crippen molar-refractivity contribution in [3.05, 3.63) is 12.2 Å². The van der Waals surface area contributed by atoms with Gasteiger partial charge in [-0.15, -0.1) is 0 Å². The number of primary amides is 1. The average molecular weight is 154 g/mol. The molecule has 1 amide bonds. The zero-order valence-electron chi connectivity index (χ0n) is 5.94. The molecule has 1 saturated heterocycles. The van der Waals surface area contributed by atoms with Gasteiger partial charge in [-0.3, -0.25) is 4.79 Å². The van der Waals surface area contributed by atoms with Gasteiger partial charge in [0.15, 0.2) is 0 Å². The molecule has 2 aliphatic heterocycles. The van der Waals surface area contributed by atoms with E-state index in [1.54, 1.807) is 0 Å². The predicted octanol–water partition coefficient (Wildman–Crippen LogP) is -1.25. The summed E-state index contributed by atoms with van der Waals surface area (Å²) in [6.07, 6.45) is 3.46. The summed E-state index contributed by atoms with van der Waals surface area (Å²) >= 11 is 0. The molecule has 4 atom stereocenters. The summed E-state index contributed by atoms with van der Waals surface area (Å²) < 4.78 is 5.32. The van der Waals surface area contributed by atoms with Crippen molar-refractivity contribution in [1.82, 2.24) is 0 Å². The van der Waals surface area contributed by atoms with E-state index in [0.717, 1.165) is 0 Å². The second-order valence-corrected chi connectivity index (χ2v) is 2.96. The van der Waals surface area contributed by atoms with Crippen LogP contribution >= 0.6 is 0 Å². The fourth-order valence-corrected chi connectivity index (χ4v) is 1.69. The topological polar surface area (TPSA) is 78.3 Å². The molecule has 0 radical (unpaired) electrons. The molecule has 0 saturated carbocycles. The highest BCUT2D eigenvalue weighted by molar-refractivity contribution is 5.79. The SMILES string of the molecule is NC(=O)[C@H]1[C@@H](N)[C@H]2C=C[C@H]1O2. The average Bonchev–Trinajstić information content (AvgIpc) is 2.44. The first-order chi connectivity index (χ1) is 5.20. The lowest BCUT2D eigenvalue weighted by molar-refractivity contribution is -0.122. The van der Waals surface area contributed by atoms with Crippen LogP contribution in [0.2, 0.25) is 0 Å². The highest BCUT2D eigenvalue weighted by Crippen LogP contribution is 2.32. The van der Waals surface area contributed by atoms with Gasteiger partial charge in [0, 0.05) is 6.04 Å². The molecule has 4 N–H and O–H groups in total. The van der Waals surface area contributed by atoms with Crippen molar-refractivity contribution in [3.8, 4) is 0 Å². The Kier molecular flexibility index (Phi) is 1.27. The van der Waals surface area contributed by atoms with Crippen LogP contribution in [0.4, 0.5) is 0 Å². The van der Waals surface area contributed by atoms with E-state index in [9.17, 15) is 4.79 Å². The Morgan fingerprint density at radius 2 is 2.00 bits per heavy atom. The van der Waals surface area contributed by atoms with Gasteiger partial charge in [-0.2, -0.15) is 0 Å². The van der Waals surface area contributed by atoms with Gasteiger partial charge in [-0.1, -0.05) is 12.2 Å². The van der Waals surface area contributed by atoms with Crippen molar-refractivity contribution in [2.24, 2.45) is 17.4 Å². The van der Waals surface area contributed by atoms with Crippen molar-refractivity contribution < 1.29 is 9.53 Å². The molecule has 2 aliphatic rings. The third-order valence-corrected chi connectivity index (χ3v) is 2.28. The molecule has 0 aromatic heterocycles. The largest absolute Gasteiger partial charge is 0.369 e. The normalized spacial score (nSPS) is 46.6. The van der Waals surface area contributed by atoms with Crippen LogP contribution in [0.3, 0.4) is 0 Å². The van der Waals surface area contributed by atoms with Gasteiger partial charge in [-0.05, 0) is 0 Å². The smallest absolute Gasteiger partial charge is 0.225 e. The minimum absolute atomic E-state index is 0.0995. The van der Waals surface area contributed by atoms with Gasteiger partial charge in [0.25, 0.3) is 0 Å². The van der Waals surface area contributed by atoms with Crippen LogP contribution in [0.25, 0.3) is 0 Å². The van der Waals surface area contributed by atoms with Gasteiger partial charge < -0.3 is 16.2 Å². The summed E-state index contributed by atoms with van der Waals surface area (Å²) in [5.74, 6) is -0.695. The van der Waals surface area contributed by atoms with Gasteiger partial charge in [0.2, 0.25) is 5.91 Å². The molecule has 0 spiro atoms. The maximum atomic E-state index is 10.8. The number of fused-ring (bicyclic) bond motifs is 2. The summed E-state index contributed by atoms with van der Waals surface area (Å²) in [6, 6.07) is -0.248. The molecule has 1 fully saturated rings. The molecule has 0 unspecified atom stereocenters. The number of carbonyl (C=O) groups is 1. The summed E-state index contributed by atoms with van der Waals surface area (Å²) in [6.45, 7) is 0. The zero-order valence-corrected chi connectivity index (χ0v) is 5.94. The molecule has 0 aliphatic carbocycles. The van der Waals surface area contributed by atoms with Crippen LogP contribution in [-0.4, -0.2) is 24.2 Å². The maximum absolute atomic E-state index is 10.8. The highest BCUT2D eigenvalue weighted by Gasteiger charge is 2.46. The van der Waals surface area contributed by atoms with E-state index in [-0.39, 0.29) is 30.1 Å². The molecular weight excluding hydrogens is 144 g/mol. The number of rotatable bonds is 1. The Labute approximate surface area is 64.2 Å². The summed E-state index contributed by atoms with van der Waals surface area (Å²) in [4.78, 5) is 10.8. The van der Waals surface area contributed by atoms with E-state index >= 15 is 0 Å². The van der Waals surface area contributed by atoms with Crippen LogP contribution in [0.5, 0.6) is 0 Å². The Hall–Kier alpha value is -0.870. The van der Waals surface area contributed by atoms with Crippen molar-refractivity contribution in [1.29, 1.82) is 0 Å². The fourth-order valence-electron chi connectivity index (χ4n) is 1.69. The molecule has 2 heterocycles. The third-order valence-electron chi connectivity index (χ3n) is 2.28. The fraction of sp³-hybridized carbons (Fsp3) is 0.571. The van der Waals surface area contributed by atoms with Crippen LogP contribution < -0.4 is 11.5 Å². The second kappa shape index (κ2) is 2.06. The lowest BCUT2D eigenvalue weighted by Gasteiger charge is -2.17. The Morgan fingerprint density at radius 3 is 2.36 bits per heavy atom. The molecule has 2 bridgehead atoms. The lowest BCUT2D eigenvalue weighted by atomic mass is 9.89. The van der Waals surface area contributed by atoms with Crippen molar-refractivity contribution in [2.75, 3.05) is 0 Å². The Morgan fingerprint density at radius 1 is 1.36 bits per heavy atom. The second-order valence-electron chi connectivity index (χ2n) is 2.96. The van der Waals surface area contributed by atoms with Gasteiger partial charge in [0.05, 0.1) is 18.1 Å². The number of ether oxygens (including phenoxy) is 1. The number of hydrogen-bond donors (Lipinski definition) is 2. The quantitative estimate of drug-likeness (QED) is 0.463. The van der Waals surface area contributed by atoms with Crippen LogP contribution in [0.15, 0.2) is 12.2 Å². The monoisotopic (exact) mass is 154 g/mol. The third kappa shape index (κ3) is 0.797. The van der Waals surface area contributed by atoms with Gasteiger partial charge >= 0.3 is 0 Å². The van der Waals surface area contributed by atoms with E-state index in [1.807, 2.05) is 12.2 Å². The van der Waals surface area contributed by atoms with Gasteiger partial charge in [-0.25, -0.2) is 0 Å². The molecule has 2 rings (SSSR count). The minimum atomic E-state index is -0.366. The molecule has 4 nitrogen and oxygen atoms in total. The molecule has 11 heavy (non-hydrogen) atoms. The van der Waals surface area contributed by atoms with Crippen LogP contribution in [0.1, 0.15) is 0 Å². The van der Waals surface area contributed by atoms with Crippen LogP contribution in [0, 0.1) is 5.92 Å². The molecule has 0 aromatic rings. The van der Waals surface area contributed by atoms with Crippen molar-refractivity contribution >= 4 is 5.91 Å². The van der Waals surface area contributed by atoms with Crippen molar-refractivity contribution in [3.63, 3.8) is 0 Å². The molecule has 60 valence electrons. The Bertz CT molecular complexity index is 226. The summed E-state index contributed by atoms with van der Waals surface area (Å²) in [7, 11) is 0. The standard InChI is InChI=1S/C7H10N2O2/c8-6-4-2-1-3(11-4)5(6)7(9)10/h1-6H,8H2,(H2,9,10)/t3-,4-,5-,6+/m1/s1. The van der Waals surface area contributed by atoms with E-state index in [2.05, 4.69) is 0 Å². The summed E-state index contributed by atoms with van der Waals surface area (Å²) in [5, 5.41) is 0. The van der Waals surface area contributed by atoms with E-state index in [1.165, 1.54) is 0 Å². The number of nitrogens with two attached hydrogens (primary N) is 2. The van der Waals surface area contributed by atoms with Gasteiger partial charge in [0.1, 0.15) is 0 Å². The first kappa shape index (κ1) is 6.82. The summed E-state index contributed by atoms with van der Waals surface area (Å²) in [5.41, 5.74) is 10.8. The predicted molar refractivity (Wildman–Crippen MR) is 38.5 cm³/mol. The Balaban J connectivity index is 2.25. The highest BCUT2D eigenvalue weighted by atomic mass is 16.5. The number of hydrogen-bond acceptors (Lipinski definition) is 3. The van der Waals surface area contributed by atoms with Crippen LogP contribution in [-0.2, 0) is 9.53 Å². The molecular formula is C7H10N2O2. The first-order valence-electron chi connectivity index (χ1n) is 3.59. The minimum Gasteiger partial charge on any atom is -0.369 e. The lowest BCUT2D eigenvalue weighted by Crippen LogP contribution is -2.44. The van der Waals surface area contributed by atoms with Crippen molar-refractivity contribution in [2.45, 2.75) is 18.2 Å². The number of amides is 1. The van der Waals surface area contributed by atoms with E-state index in [4.69, 9.17) is 16.2 Å². The molecule has 0 aromatic carbocycles. The van der Waals surface area contributed by atoms with E-state index < -0.39 is 0 Å². The maximum Gasteiger partial charge on any atom is 0.225 e. The zero-order chi connectivity index (χ0) is 8.01. The number of carbonyl (C=O) groups excluding carboxylic acids is 1. The molecule has 4 heteroatoms. The first-order valence-corrected chi connectivity index (χ1v) is 3.59. The van der Waals surface area contributed by atoms with E-state index in [0.29, 0.717) is 0 Å².